The lowest BCUT2D eigenvalue weighted by atomic mass is 9.82. The van der Waals surface area contributed by atoms with E-state index in [-0.39, 0.29) is 23.5 Å². The Kier molecular flexibility index (Phi) is 5.59. The SMILES string of the molecule is C[C@H](C(=O)O)N1C[C@@](Cc2ccccc2)(NS(=O)(=O)c2ccc([N+](=O)[O-])cc2)C1=O. The smallest absolute Gasteiger partial charge is 0.326 e. The average Bonchev–Trinajstić information content (AvgIpc) is 2.71. The summed E-state index contributed by atoms with van der Waals surface area (Å²) in [6.45, 7) is 1.22. The van der Waals surface area contributed by atoms with Gasteiger partial charge in [-0.15, -0.1) is 0 Å². The van der Waals surface area contributed by atoms with Crippen molar-refractivity contribution < 1.29 is 28.0 Å². The number of nitrogens with zero attached hydrogens (tertiary/aromatic N) is 2. The molecule has 0 saturated carbocycles. The standard InChI is InChI=1S/C19H19N3O7S/c1-13(17(23)24)21-12-19(18(21)25,11-14-5-3-2-4-6-14)20-30(28,29)16-9-7-15(8-10-16)22(26)27/h2-10,13,20H,11-12H2,1H3,(H,23,24)/t13-,19-/m1/s1. The van der Waals surface area contributed by atoms with Crippen molar-refractivity contribution in [3.8, 4) is 0 Å². The van der Waals surface area contributed by atoms with Crippen LogP contribution < -0.4 is 4.72 Å². The van der Waals surface area contributed by atoms with Crippen molar-refractivity contribution in [1.29, 1.82) is 0 Å². The first-order valence-electron chi connectivity index (χ1n) is 8.92. The van der Waals surface area contributed by atoms with E-state index in [1.165, 1.54) is 6.92 Å². The maximum absolute atomic E-state index is 12.9. The van der Waals surface area contributed by atoms with Crippen molar-refractivity contribution in [2.24, 2.45) is 0 Å². The Bertz CT molecular complexity index is 1090. The van der Waals surface area contributed by atoms with Crippen LogP contribution in [0.15, 0.2) is 59.5 Å². The molecule has 0 unspecified atom stereocenters. The molecule has 1 aliphatic heterocycles. The van der Waals surface area contributed by atoms with Crippen molar-refractivity contribution in [3.05, 3.63) is 70.3 Å². The van der Waals surface area contributed by atoms with Crippen molar-refractivity contribution in [2.45, 2.75) is 29.8 Å². The van der Waals surface area contributed by atoms with Crippen LogP contribution in [0.5, 0.6) is 0 Å². The number of nitro groups is 1. The van der Waals surface area contributed by atoms with Crippen LogP contribution in [0.4, 0.5) is 5.69 Å². The van der Waals surface area contributed by atoms with Crippen molar-refractivity contribution in [2.75, 3.05) is 6.54 Å². The second-order valence-corrected chi connectivity index (χ2v) is 8.73. The molecule has 2 aromatic rings. The number of non-ortho nitro benzene ring substituents is 1. The Balaban J connectivity index is 1.92. The highest BCUT2D eigenvalue weighted by molar-refractivity contribution is 7.89. The molecular formula is C19H19N3O7S. The van der Waals surface area contributed by atoms with Crippen LogP contribution >= 0.6 is 0 Å². The van der Waals surface area contributed by atoms with Crippen LogP contribution in [0.25, 0.3) is 0 Å². The quantitative estimate of drug-likeness (QED) is 0.361. The first-order chi connectivity index (χ1) is 14.1. The van der Waals surface area contributed by atoms with Gasteiger partial charge in [-0.25, -0.2) is 13.2 Å². The van der Waals surface area contributed by atoms with Crippen molar-refractivity contribution in [3.63, 3.8) is 0 Å². The fourth-order valence-corrected chi connectivity index (χ4v) is 4.66. The van der Waals surface area contributed by atoms with Crippen molar-refractivity contribution in [1.82, 2.24) is 9.62 Å². The van der Waals surface area contributed by atoms with Gasteiger partial charge >= 0.3 is 5.97 Å². The van der Waals surface area contributed by atoms with Crippen LogP contribution in [0.1, 0.15) is 12.5 Å². The van der Waals surface area contributed by atoms with E-state index in [0.29, 0.717) is 5.56 Å². The fraction of sp³-hybridized carbons (Fsp3) is 0.263. The van der Waals surface area contributed by atoms with Crippen LogP contribution in [0.2, 0.25) is 0 Å². The van der Waals surface area contributed by atoms with Gasteiger partial charge in [0.2, 0.25) is 15.9 Å². The molecule has 1 heterocycles. The monoisotopic (exact) mass is 433 g/mol. The molecule has 0 aromatic heterocycles. The summed E-state index contributed by atoms with van der Waals surface area (Å²) in [5.41, 5.74) is -1.12. The molecule has 0 aliphatic carbocycles. The Labute approximate surface area is 172 Å². The van der Waals surface area contributed by atoms with Gasteiger partial charge in [0.25, 0.3) is 5.69 Å². The molecule has 1 aliphatic rings. The molecule has 0 bridgehead atoms. The predicted molar refractivity (Wildman–Crippen MR) is 105 cm³/mol. The normalized spacial score (nSPS) is 19.8. The van der Waals surface area contributed by atoms with Gasteiger partial charge in [0.05, 0.1) is 16.4 Å². The largest absolute Gasteiger partial charge is 0.480 e. The lowest BCUT2D eigenvalue weighted by Crippen LogP contribution is -2.77. The van der Waals surface area contributed by atoms with E-state index in [9.17, 15) is 33.2 Å². The van der Waals surface area contributed by atoms with E-state index in [2.05, 4.69) is 4.72 Å². The number of carbonyl (C=O) groups is 2. The number of β-lactam (4-membered cyclic amide) rings is 1. The number of nitrogens with one attached hydrogen (secondary N) is 1. The summed E-state index contributed by atoms with van der Waals surface area (Å²) in [6, 6.07) is 11.9. The summed E-state index contributed by atoms with van der Waals surface area (Å²) in [5.74, 6) is -1.85. The molecule has 10 nitrogen and oxygen atoms in total. The number of sulfonamides is 1. The van der Waals surface area contributed by atoms with Gasteiger partial charge in [-0.1, -0.05) is 30.3 Å². The Morgan fingerprint density at radius 2 is 1.83 bits per heavy atom. The molecule has 1 amide bonds. The molecule has 2 atom stereocenters. The fourth-order valence-electron chi connectivity index (χ4n) is 3.31. The van der Waals surface area contributed by atoms with E-state index >= 15 is 0 Å². The highest BCUT2D eigenvalue weighted by atomic mass is 32.2. The molecule has 0 spiro atoms. The lowest BCUT2D eigenvalue weighted by Gasteiger charge is -2.50. The zero-order chi connectivity index (χ0) is 22.1. The average molecular weight is 433 g/mol. The highest BCUT2D eigenvalue weighted by Gasteiger charge is 2.56. The minimum Gasteiger partial charge on any atom is -0.480 e. The number of nitro benzene ring substituents is 1. The first kappa shape index (κ1) is 21.4. The maximum atomic E-state index is 12.9. The van der Waals surface area contributed by atoms with Crippen LogP contribution in [0, 0.1) is 10.1 Å². The Hall–Kier alpha value is -3.31. The molecule has 30 heavy (non-hydrogen) atoms. The first-order valence-corrected chi connectivity index (χ1v) is 10.4. The highest BCUT2D eigenvalue weighted by Crippen LogP contribution is 2.31. The number of rotatable bonds is 8. The third-order valence-corrected chi connectivity index (χ3v) is 6.52. The van der Waals surface area contributed by atoms with E-state index in [0.717, 1.165) is 29.2 Å². The van der Waals surface area contributed by atoms with Gasteiger partial charge < -0.3 is 10.0 Å². The third-order valence-electron chi connectivity index (χ3n) is 4.97. The summed E-state index contributed by atoms with van der Waals surface area (Å²) in [6.07, 6.45) is 0.0295. The van der Waals surface area contributed by atoms with E-state index in [4.69, 9.17) is 0 Å². The zero-order valence-electron chi connectivity index (χ0n) is 15.9. The number of likely N-dealkylation sites (tertiary alicyclic amines) is 1. The van der Waals surface area contributed by atoms with Gasteiger partial charge in [0.1, 0.15) is 11.6 Å². The zero-order valence-corrected chi connectivity index (χ0v) is 16.7. The number of carbonyl (C=O) groups excluding carboxylic acids is 1. The summed E-state index contributed by atoms with van der Waals surface area (Å²) < 4.78 is 28.2. The van der Waals surface area contributed by atoms with Crippen LogP contribution in [-0.2, 0) is 26.0 Å². The van der Waals surface area contributed by atoms with Gasteiger partial charge in [-0.3, -0.25) is 14.9 Å². The minimum atomic E-state index is -4.21. The Morgan fingerprint density at radius 1 is 1.23 bits per heavy atom. The van der Waals surface area contributed by atoms with E-state index in [1.807, 2.05) is 0 Å². The second-order valence-electron chi connectivity index (χ2n) is 7.05. The molecule has 1 saturated heterocycles. The van der Waals surface area contributed by atoms with E-state index < -0.39 is 38.4 Å². The van der Waals surface area contributed by atoms with Crippen LogP contribution in [0.3, 0.4) is 0 Å². The number of carboxylic acids is 1. The molecule has 158 valence electrons. The third kappa shape index (κ3) is 4.02. The van der Waals surface area contributed by atoms with Gasteiger partial charge in [0, 0.05) is 18.6 Å². The number of hydrogen-bond acceptors (Lipinski definition) is 6. The minimum absolute atomic E-state index is 0.0295. The van der Waals surface area contributed by atoms with Gasteiger partial charge in [-0.05, 0) is 24.6 Å². The van der Waals surface area contributed by atoms with E-state index in [1.54, 1.807) is 30.3 Å². The number of benzene rings is 2. The van der Waals surface area contributed by atoms with Crippen LogP contribution in [-0.4, -0.2) is 53.3 Å². The number of hydrogen-bond donors (Lipinski definition) is 2. The Morgan fingerprint density at radius 3 is 2.33 bits per heavy atom. The molecule has 1 fully saturated rings. The predicted octanol–water partition coefficient (Wildman–Crippen LogP) is 1.17. The van der Waals surface area contributed by atoms with Gasteiger partial charge in [0.15, 0.2) is 0 Å². The topological polar surface area (TPSA) is 147 Å². The lowest BCUT2D eigenvalue weighted by molar-refractivity contribution is -0.384. The number of amides is 1. The maximum Gasteiger partial charge on any atom is 0.326 e. The molecule has 11 heteroatoms. The number of carboxylic acid groups (broad SMARTS) is 1. The summed E-state index contributed by atoms with van der Waals surface area (Å²) in [7, 11) is -4.21. The number of aliphatic carboxylic acids is 1. The van der Waals surface area contributed by atoms with Crippen molar-refractivity contribution >= 4 is 27.6 Å². The molecule has 3 rings (SSSR count). The second kappa shape index (κ2) is 7.84. The molecular weight excluding hydrogens is 414 g/mol. The summed E-state index contributed by atoms with van der Waals surface area (Å²) in [5, 5.41) is 20.0. The van der Waals surface area contributed by atoms with Gasteiger partial charge in [-0.2, -0.15) is 4.72 Å². The molecule has 0 radical (unpaired) electrons. The molecule has 2 aromatic carbocycles. The summed E-state index contributed by atoms with van der Waals surface area (Å²) >= 11 is 0. The molecule has 2 N–H and O–H groups in total. The summed E-state index contributed by atoms with van der Waals surface area (Å²) in [4.78, 5) is 35.2.